The molecule has 0 atom stereocenters. The number of azo groups is 1. The average molecular weight is 417 g/mol. The van der Waals surface area contributed by atoms with Gasteiger partial charge in [0.15, 0.2) is 0 Å². The number of hydrogen-bond donors (Lipinski definition) is 0. The second-order valence-electron chi connectivity index (χ2n) is 7.61. The van der Waals surface area contributed by atoms with Gasteiger partial charge in [-0.05, 0) is 42.5 Å². The smallest absolute Gasteiger partial charge is 0.345 e. The lowest BCUT2D eigenvalue weighted by Gasteiger charge is -2.51. The van der Waals surface area contributed by atoms with Crippen LogP contribution in [0.5, 0.6) is 0 Å². The highest BCUT2D eigenvalue weighted by atomic mass is 32.1. The van der Waals surface area contributed by atoms with Gasteiger partial charge < -0.3 is 9.38 Å². The van der Waals surface area contributed by atoms with E-state index >= 15 is 0 Å². The second-order valence-corrected chi connectivity index (χ2v) is 8.60. The van der Waals surface area contributed by atoms with E-state index in [1.165, 1.54) is 62.2 Å². The lowest BCUT2D eigenvalue weighted by Crippen LogP contribution is -2.68. The highest BCUT2D eigenvalue weighted by Gasteiger charge is 2.38. The Morgan fingerprint density at radius 2 is 1.90 bits per heavy atom. The van der Waals surface area contributed by atoms with Crippen molar-refractivity contribution in [2.24, 2.45) is 10.2 Å². The van der Waals surface area contributed by atoms with Crippen LogP contribution in [0.3, 0.4) is 0 Å². The molecular weight excluding hydrogens is 390 g/mol. The summed E-state index contributed by atoms with van der Waals surface area (Å²) < 4.78 is 1.26. The van der Waals surface area contributed by atoms with Crippen molar-refractivity contribution >= 4 is 32.8 Å². The summed E-state index contributed by atoms with van der Waals surface area (Å²) in [6, 6.07) is 7.98. The first-order valence-corrected chi connectivity index (χ1v) is 10.8. The molecule has 0 amide bonds. The van der Waals surface area contributed by atoms with Crippen molar-refractivity contribution in [2.45, 2.75) is 6.92 Å². The molecule has 154 valence electrons. The topological polar surface area (TPSA) is 87.2 Å². The number of anilines is 1. The van der Waals surface area contributed by atoms with Crippen LogP contribution in [0.4, 0.5) is 21.5 Å². The van der Waals surface area contributed by atoms with Crippen molar-refractivity contribution in [1.82, 2.24) is 9.88 Å². The van der Waals surface area contributed by atoms with E-state index in [-0.39, 0.29) is 10.1 Å². The van der Waals surface area contributed by atoms with Gasteiger partial charge in [0.2, 0.25) is 5.13 Å². The summed E-state index contributed by atoms with van der Waals surface area (Å²) in [4.78, 5) is 19.1. The summed E-state index contributed by atoms with van der Waals surface area (Å²) in [5.74, 6) is 0. The largest absolute Gasteiger partial charge is 0.366 e. The number of quaternary nitrogens is 1. The molecule has 0 radical (unpaired) electrons. The van der Waals surface area contributed by atoms with Crippen molar-refractivity contribution < 1.29 is 9.41 Å². The number of nitrogens with zero attached hydrogens (tertiary/aromatic N) is 7. The number of piperazine rings is 3. The van der Waals surface area contributed by atoms with E-state index in [1.807, 2.05) is 12.1 Å². The van der Waals surface area contributed by atoms with Crippen LogP contribution in [0.15, 0.2) is 40.7 Å². The first-order chi connectivity index (χ1) is 14.1. The fourth-order valence-corrected chi connectivity index (χ4v) is 4.64. The molecule has 3 aliphatic rings. The lowest BCUT2D eigenvalue weighted by atomic mass is 10.1. The van der Waals surface area contributed by atoms with Gasteiger partial charge in [0.1, 0.15) is 6.20 Å². The van der Waals surface area contributed by atoms with Crippen LogP contribution >= 0.6 is 11.3 Å². The zero-order valence-corrected chi connectivity index (χ0v) is 17.4. The minimum absolute atomic E-state index is 0.0330. The number of aromatic nitrogens is 1. The van der Waals surface area contributed by atoms with Gasteiger partial charge in [-0.25, -0.2) is 4.98 Å². The zero-order chi connectivity index (χ0) is 20.3. The van der Waals surface area contributed by atoms with Gasteiger partial charge in [-0.1, -0.05) is 0 Å². The normalized spacial score (nSPS) is 23.6. The van der Waals surface area contributed by atoms with Crippen molar-refractivity contribution in [3.05, 3.63) is 40.6 Å². The Kier molecular flexibility index (Phi) is 5.84. The highest BCUT2D eigenvalue weighted by Crippen LogP contribution is 2.29. The summed E-state index contributed by atoms with van der Waals surface area (Å²) >= 11 is 0.913. The minimum atomic E-state index is -0.472. The van der Waals surface area contributed by atoms with Crippen LogP contribution in [0.1, 0.15) is 6.92 Å². The maximum Gasteiger partial charge on any atom is 0.345 e. The second kappa shape index (κ2) is 8.52. The molecule has 0 unspecified atom stereocenters. The van der Waals surface area contributed by atoms with Crippen LogP contribution in [0.25, 0.3) is 0 Å². The van der Waals surface area contributed by atoms with E-state index in [0.29, 0.717) is 5.69 Å². The van der Waals surface area contributed by atoms with E-state index in [9.17, 15) is 10.1 Å². The van der Waals surface area contributed by atoms with Gasteiger partial charge in [0.05, 0.1) is 43.3 Å². The van der Waals surface area contributed by atoms with Crippen molar-refractivity contribution in [3.8, 4) is 0 Å². The van der Waals surface area contributed by atoms with Crippen LogP contribution in [-0.2, 0) is 0 Å². The monoisotopic (exact) mass is 416 g/mol. The standard InChI is InChI=1S/C19H26N7O2S/c1-2-24(10-14-26-11-7-23(8-12-26)9-13-26)17-5-3-16(4-6-17)21-22-19-20-15-18(29-19)25(27)28/h3-6,15H,2,7-14H2,1H3/q+1. The van der Waals surface area contributed by atoms with Gasteiger partial charge >= 0.3 is 5.00 Å². The van der Waals surface area contributed by atoms with Gasteiger partial charge in [0.25, 0.3) is 0 Å². The van der Waals surface area contributed by atoms with Crippen molar-refractivity contribution in [1.29, 1.82) is 0 Å². The van der Waals surface area contributed by atoms with Crippen molar-refractivity contribution in [3.63, 3.8) is 0 Å². The van der Waals surface area contributed by atoms with Crippen LogP contribution in [-0.4, -0.2) is 78.2 Å². The molecule has 3 saturated heterocycles. The number of thiazole rings is 1. The van der Waals surface area contributed by atoms with Crippen LogP contribution < -0.4 is 4.90 Å². The molecule has 0 N–H and O–H groups in total. The SMILES string of the molecule is CCN(CC[N+]12CCN(CC1)CC2)c1ccc(N=Nc2ncc([N+](=O)[O-])s2)cc1. The lowest BCUT2D eigenvalue weighted by molar-refractivity contribution is -0.939. The molecule has 0 saturated carbocycles. The fourth-order valence-electron chi connectivity index (χ4n) is 4.09. The van der Waals surface area contributed by atoms with Crippen LogP contribution in [0, 0.1) is 10.1 Å². The molecule has 0 aliphatic carbocycles. The number of benzene rings is 1. The van der Waals surface area contributed by atoms with Crippen molar-refractivity contribution in [2.75, 3.05) is 63.8 Å². The molecule has 3 fully saturated rings. The third kappa shape index (κ3) is 4.60. The maximum absolute atomic E-state index is 10.7. The summed E-state index contributed by atoms with van der Waals surface area (Å²) in [6.07, 6.45) is 1.20. The van der Waals surface area contributed by atoms with E-state index in [4.69, 9.17) is 0 Å². The Morgan fingerprint density at radius 1 is 1.21 bits per heavy atom. The molecule has 3 aliphatic heterocycles. The van der Waals surface area contributed by atoms with E-state index in [1.54, 1.807) is 0 Å². The van der Waals surface area contributed by atoms with Gasteiger partial charge in [-0.2, -0.15) is 0 Å². The first-order valence-electron chi connectivity index (χ1n) is 10.0. The van der Waals surface area contributed by atoms with E-state index in [2.05, 4.69) is 44.1 Å². The Balaban J connectivity index is 1.36. The predicted octanol–water partition coefficient (Wildman–Crippen LogP) is 3.44. The Labute approximate surface area is 174 Å². The summed E-state index contributed by atoms with van der Waals surface area (Å²) in [5.41, 5.74) is 1.89. The molecular formula is C19H26N7O2S+. The molecule has 10 heteroatoms. The minimum Gasteiger partial charge on any atom is -0.366 e. The Bertz CT molecular complexity index is 861. The molecule has 2 aromatic rings. The van der Waals surface area contributed by atoms with Crippen LogP contribution in [0.2, 0.25) is 0 Å². The van der Waals surface area contributed by atoms with E-state index in [0.717, 1.165) is 24.4 Å². The van der Waals surface area contributed by atoms with Gasteiger partial charge in [0, 0.05) is 31.9 Å². The van der Waals surface area contributed by atoms with E-state index < -0.39 is 4.92 Å². The summed E-state index contributed by atoms with van der Waals surface area (Å²) in [5, 5.41) is 19.1. The highest BCUT2D eigenvalue weighted by molar-refractivity contribution is 7.18. The molecule has 1 aromatic carbocycles. The fraction of sp³-hybridized carbons (Fsp3) is 0.526. The first kappa shape index (κ1) is 19.9. The number of nitro groups is 1. The number of fused-ring (bicyclic) bond motifs is 3. The Hall–Kier alpha value is -2.43. The third-order valence-electron chi connectivity index (χ3n) is 6.02. The maximum atomic E-state index is 10.7. The molecule has 4 heterocycles. The number of hydrogen-bond acceptors (Lipinski definition) is 8. The number of rotatable bonds is 8. The molecule has 0 spiro atoms. The van der Waals surface area contributed by atoms with Gasteiger partial charge in [-0.3, -0.25) is 15.0 Å². The average Bonchev–Trinajstić information content (AvgIpc) is 3.24. The summed E-state index contributed by atoms with van der Waals surface area (Å²) in [6.45, 7) is 13.0. The third-order valence-corrected chi connectivity index (χ3v) is 6.86. The number of likely N-dealkylation sites (N-methyl/N-ethyl adjacent to an activating group) is 1. The molecule has 1 aromatic heterocycles. The molecule has 29 heavy (non-hydrogen) atoms. The zero-order valence-electron chi connectivity index (χ0n) is 16.6. The predicted molar refractivity (Wildman–Crippen MR) is 113 cm³/mol. The summed E-state index contributed by atoms with van der Waals surface area (Å²) in [7, 11) is 0. The molecule has 2 bridgehead atoms. The molecule has 5 rings (SSSR count). The van der Waals surface area contributed by atoms with Gasteiger partial charge in [-0.15, -0.1) is 10.2 Å². The Morgan fingerprint density at radius 3 is 2.48 bits per heavy atom. The quantitative estimate of drug-likeness (QED) is 0.285. The molecule has 9 nitrogen and oxygen atoms in total.